The SMILES string of the molecule is C=O.O=Cc1ccccc1.[NaH]. The van der Waals surface area contributed by atoms with Gasteiger partial charge in [0.05, 0.1) is 0 Å². The van der Waals surface area contributed by atoms with E-state index < -0.39 is 0 Å². The summed E-state index contributed by atoms with van der Waals surface area (Å²) in [6.45, 7) is 2.00. The Balaban J connectivity index is 0. The van der Waals surface area contributed by atoms with Crippen molar-refractivity contribution in [1.82, 2.24) is 0 Å². The van der Waals surface area contributed by atoms with Gasteiger partial charge in [-0.3, -0.25) is 4.79 Å². The molecule has 0 heterocycles. The van der Waals surface area contributed by atoms with Crippen molar-refractivity contribution in [3.05, 3.63) is 35.9 Å². The fraction of sp³-hybridized carbons (Fsp3) is 0. The average Bonchev–Trinajstić information content (AvgIpc) is 2.10. The number of hydrogen-bond acceptors (Lipinski definition) is 2. The third kappa shape index (κ3) is 5.98. The van der Waals surface area contributed by atoms with Crippen LogP contribution in [0.3, 0.4) is 0 Å². The Hall–Kier alpha value is -0.440. The minimum atomic E-state index is 0. The molecule has 0 aromatic heterocycles. The van der Waals surface area contributed by atoms with E-state index in [0.29, 0.717) is 0 Å². The van der Waals surface area contributed by atoms with E-state index in [1.807, 2.05) is 25.0 Å². The predicted octanol–water partition coefficient (Wildman–Crippen LogP) is 0.666. The number of rotatable bonds is 1. The molecule has 0 N–H and O–H groups in total. The van der Waals surface area contributed by atoms with Crippen molar-refractivity contribution >= 4 is 42.6 Å². The molecule has 0 bridgehead atoms. The first-order valence-electron chi connectivity index (χ1n) is 2.72. The molecular weight excluding hydrogens is 151 g/mol. The molecule has 0 fully saturated rings. The number of benzene rings is 1. The fourth-order valence-corrected chi connectivity index (χ4v) is 0.532. The third-order valence-electron chi connectivity index (χ3n) is 0.936. The van der Waals surface area contributed by atoms with E-state index >= 15 is 0 Å². The molecule has 0 unspecified atom stereocenters. The Kier molecular flexibility index (Phi) is 11.4. The molecule has 0 atom stereocenters. The summed E-state index contributed by atoms with van der Waals surface area (Å²) in [4.78, 5) is 18.0. The molecule has 0 saturated heterocycles. The molecule has 0 amide bonds. The van der Waals surface area contributed by atoms with Crippen LogP contribution in [0.15, 0.2) is 30.3 Å². The summed E-state index contributed by atoms with van der Waals surface area (Å²) >= 11 is 0. The molecule has 1 rings (SSSR count). The van der Waals surface area contributed by atoms with Gasteiger partial charge in [-0.1, -0.05) is 30.3 Å². The normalized spacial score (nSPS) is 6.55. The Labute approximate surface area is 87.9 Å². The molecule has 3 heteroatoms. The van der Waals surface area contributed by atoms with Gasteiger partial charge in [0, 0.05) is 5.56 Å². The zero-order chi connectivity index (χ0) is 7.82. The van der Waals surface area contributed by atoms with Crippen LogP contribution >= 0.6 is 0 Å². The van der Waals surface area contributed by atoms with Crippen LogP contribution < -0.4 is 0 Å². The van der Waals surface area contributed by atoms with Gasteiger partial charge >= 0.3 is 29.6 Å². The first-order valence-corrected chi connectivity index (χ1v) is 2.72. The maximum absolute atomic E-state index is 10.0. The second-order valence-corrected chi connectivity index (χ2v) is 1.53. The van der Waals surface area contributed by atoms with Gasteiger partial charge in [0.15, 0.2) is 0 Å². The van der Waals surface area contributed by atoms with Gasteiger partial charge in [-0.25, -0.2) is 0 Å². The van der Waals surface area contributed by atoms with Gasteiger partial charge in [0.25, 0.3) is 0 Å². The van der Waals surface area contributed by atoms with Crippen LogP contribution in [0.5, 0.6) is 0 Å². The van der Waals surface area contributed by atoms with E-state index in [0.717, 1.165) is 11.8 Å². The fourth-order valence-electron chi connectivity index (χ4n) is 0.532. The predicted molar refractivity (Wildman–Crippen MR) is 46.1 cm³/mol. The van der Waals surface area contributed by atoms with Crippen LogP contribution in [-0.2, 0) is 4.79 Å². The first-order chi connectivity index (χ1) is 4.93. The molecule has 0 aliphatic rings. The second-order valence-electron chi connectivity index (χ2n) is 1.53. The Morgan fingerprint density at radius 2 is 1.55 bits per heavy atom. The number of carbonyl (C=O) groups is 2. The summed E-state index contributed by atoms with van der Waals surface area (Å²) < 4.78 is 0. The van der Waals surface area contributed by atoms with E-state index in [9.17, 15) is 4.79 Å². The summed E-state index contributed by atoms with van der Waals surface area (Å²) in [6, 6.07) is 9.10. The summed E-state index contributed by atoms with van der Waals surface area (Å²) in [5.74, 6) is 0. The van der Waals surface area contributed by atoms with Crippen LogP contribution in [0.25, 0.3) is 0 Å². The molecule has 0 spiro atoms. The van der Waals surface area contributed by atoms with Gasteiger partial charge in [-0.15, -0.1) is 0 Å². The second kappa shape index (κ2) is 9.56. The number of carbonyl (C=O) groups excluding carboxylic acids is 2. The summed E-state index contributed by atoms with van der Waals surface area (Å²) in [6.07, 6.45) is 0.833. The van der Waals surface area contributed by atoms with E-state index in [4.69, 9.17) is 4.79 Å². The quantitative estimate of drug-likeness (QED) is 0.447. The topological polar surface area (TPSA) is 34.1 Å². The Morgan fingerprint density at radius 3 is 1.82 bits per heavy atom. The summed E-state index contributed by atoms with van der Waals surface area (Å²) in [7, 11) is 0. The Morgan fingerprint density at radius 1 is 1.09 bits per heavy atom. The van der Waals surface area contributed by atoms with Crippen LogP contribution in [0.2, 0.25) is 0 Å². The van der Waals surface area contributed by atoms with Crippen molar-refractivity contribution in [3.8, 4) is 0 Å². The van der Waals surface area contributed by atoms with E-state index in [-0.39, 0.29) is 29.6 Å². The molecule has 0 aliphatic heterocycles. The van der Waals surface area contributed by atoms with Gasteiger partial charge in [-0.05, 0) is 0 Å². The van der Waals surface area contributed by atoms with Crippen molar-refractivity contribution < 1.29 is 9.59 Å². The van der Waals surface area contributed by atoms with Crippen LogP contribution in [0.4, 0.5) is 0 Å². The van der Waals surface area contributed by atoms with Crippen molar-refractivity contribution in [2.24, 2.45) is 0 Å². The van der Waals surface area contributed by atoms with Gasteiger partial charge < -0.3 is 4.79 Å². The molecule has 1 aromatic carbocycles. The molecule has 0 aliphatic carbocycles. The third-order valence-corrected chi connectivity index (χ3v) is 0.936. The minimum absolute atomic E-state index is 0. The summed E-state index contributed by atoms with van der Waals surface area (Å²) in [5.41, 5.74) is 0.729. The average molecular weight is 160 g/mol. The van der Waals surface area contributed by atoms with Crippen molar-refractivity contribution in [2.45, 2.75) is 0 Å². The molecule has 11 heavy (non-hydrogen) atoms. The first kappa shape index (κ1) is 13.2. The van der Waals surface area contributed by atoms with E-state index in [2.05, 4.69) is 0 Å². The van der Waals surface area contributed by atoms with E-state index in [1.54, 1.807) is 12.1 Å². The molecule has 54 valence electrons. The van der Waals surface area contributed by atoms with Gasteiger partial charge in [0.1, 0.15) is 13.1 Å². The van der Waals surface area contributed by atoms with Crippen molar-refractivity contribution in [3.63, 3.8) is 0 Å². The number of aldehydes is 1. The zero-order valence-corrected chi connectivity index (χ0v) is 5.49. The molecule has 0 saturated carbocycles. The van der Waals surface area contributed by atoms with Crippen molar-refractivity contribution in [2.75, 3.05) is 0 Å². The zero-order valence-electron chi connectivity index (χ0n) is 5.49. The maximum atomic E-state index is 10.0. The van der Waals surface area contributed by atoms with Crippen LogP contribution in [0.1, 0.15) is 10.4 Å². The monoisotopic (exact) mass is 160 g/mol. The molecule has 1 aromatic rings. The molecular formula is C8H9NaO2. The van der Waals surface area contributed by atoms with Crippen LogP contribution in [0, 0.1) is 0 Å². The van der Waals surface area contributed by atoms with E-state index in [1.165, 1.54) is 0 Å². The molecule has 2 nitrogen and oxygen atoms in total. The van der Waals surface area contributed by atoms with Crippen molar-refractivity contribution in [1.29, 1.82) is 0 Å². The Bertz CT molecular complexity index is 187. The van der Waals surface area contributed by atoms with Gasteiger partial charge in [0.2, 0.25) is 0 Å². The number of hydrogen-bond donors (Lipinski definition) is 0. The molecule has 0 radical (unpaired) electrons. The summed E-state index contributed by atoms with van der Waals surface area (Å²) in [5, 5.41) is 0. The van der Waals surface area contributed by atoms with Gasteiger partial charge in [-0.2, -0.15) is 0 Å². The van der Waals surface area contributed by atoms with Crippen LogP contribution in [-0.4, -0.2) is 42.6 Å². The standard InChI is InChI=1S/C7H6O.CH2O.Na.H/c8-6-7-4-2-1-3-5-7;1-2;;/h1-6H;1H2;;.